The molecule has 2 aliphatic heterocycles. The van der Waals surface area contributed by atoms with Crippen LogP contribution in [0.15, 0.2) is 0 Å². The SMILES string of the molecule is CNC1CN(C(=O)OC(C)(C)C)C2CCOCC12. The number of amides is 1. The molecule has 3 atom stereocenters. The number of ether oxygens (including phenoxy) is 2. The highest BCUT2D eigenvalue weighted by molar-refractivity contribution is 5.69. The third-order valence-electron chi connectivity index (χ3n) is 3.67. The normalized spacial score (nSPS) is 32.2. The molecule has 0 saturated carbocycles. The highest BCUT2D eigenvalue weighted by Crippen LogP contribution is 2.31. The van der Waals surface area contributed by atoms with Crippen LogP contribution in [0.1, 0.15) is 27.2 Å². The van der Waals surface area contributed by atoms with Crippen LogP contribution >= 0.6 is 0 Å². The second-order valence-electron chi connectivity index (χ2n) is 6.12. The maximum atomic E-state index is 12.2. The van der Waals surface area contributed by atoms with Gasteiger partial charge in [0.05, 0.1) is 6.61 Å². The summed E-state index contributed by atoms with van der Waals surface area (Å²) in [4.78, 5) is 14.1. The van der Waals surface area contributed by atoms with E-state index >= 15 is 0 Å². The molecule has 0 aromatic carbocycles. The summed E-state index contributed by atoms with van der Waals surface area (Å²) in [5, 5.41) is 3.28. The van der Waals surface area contributed by atoms with Crippen molar-refractivity contribution in [2.24, 2.45) is 5.92 Å². The number of nitrogens with zero attached hydrogens (tertiary/aromatic N) is 1. The lowest BCUT2D eigenvalue weighted by Crippen LogP contribution is -2.44. The second-order valence-corrected chi connectivity index (χ2v) is 6.12. The van der Waals surface area contributed by atoms with Crippen LogP contribution in [0.3, 0.4) is 0 Å². The van der Waals surface area contributed by atoms with Crippen LogP contribution in [0.4, 0.5) is 4.79 Å². The fourth-order valence-electron chi connectivity index (χ4n) is 2.84. The molecule has 1 amide bonds. The Morgan fingerprint density at radius 2 is 2.17 bits per heavy atom. The molecule has 0 aromatic heterocycles. The quantitative estimate of drug-likeness (QED) is 0.766. The minimum absolute atomic E-state index is 0.197. The standard InChI is InChI=1S/C13H24N2O3/c1-13(2,3)18-12(16)15-7-10(14-4)9-8-17-6-5-11(9)15/h9-11,14H,5-8H2,1-4H3. The van der Waals surface area contributed by atoms with Crippen LogP contribution in [0.25, 0.3) is 0 Å². The molecule has 2 saturated heterocycles. The first-order chi connectivity index (χ1) is 8.42. The summed E-state index contributed by atoms with van der Waals surface area (Å²) in [6.45, 7) is 7.88. The van der Waals surface area contributed by atoms with Crippen LogP contribution in [0, 0.1) is 5.92 Å². The van der Waals surface area contributed by atoms with E-state index in [0.717, 1.165) is 19.6 Å². The molecule has 104 valence electrons. The van der Waals surface area contributed by atoms with Crippen molar-refractivity contribution < 1.29 is 14.3 Å². The summed E-state index contributed by atoms with van der Waals surface area (Å²) in [5.74, 6) is 0.385. The monoisotopic (exact) mass is 256 g/mol. The number of fused-ring (bicyclic) bond motifs is 1. The van der Waals surface area contributed by atoms with Crippen LogP contribution < -0.4 is 5.32 Å². The smallest absolute Gasteiger partial charge is 0.410 e. The highest BCUT2D eigenvalue weighted by atomic mass is 16.6. The average molecular weight is 256 g/mol. The van der Waals surface area contributed by atoms with Crippen LogP contribution in [-0.2, 0) is 9.47 Å². The first-order valence-electron chi connectivity index (χ1n) is 6.67. The van der Waals surface area contributed by atoms with Gasteiger partial charge in [-0.3, -0.25) is 0 Å². The maximum Gasteiger partial charge on any atom is 0.410 e. The molecule has 0 aliphatic carbocycles. The molecule has 2 aliphatic rings. The Kier molecular flexibility index (Phi) is 3.82. The Morgan fingerprint density at radius 3 is 2.78 bits per heavy atom. The Morgan fingerprint density at radius 1 is 1.44 bits per heavy atom. The molecule has 2 rings (SSSR count). The molecule has 0 spiro atoms. The number of hydrogen-bond acceptors (Lipinski definition) is 4. The first kappa shape index (κ1) is 13.6. The minimum atomic E-state index is -0.435. The van der Waals surface area contributed by atoms with Gasteiger partial charge in [0, 0.05) is 31.2 Å². The fourth-order valence-corrected chi connectivity index (χ4v) is 2.84. The number of hydrogen-bond donors (Lipinski definition) is 1. The van der Waals surface area contributed by atoms with Gasteiger partial charge in [-0.25, -0.2) is 4.79 Å². The average Bonchev–Trinajstić information content (AvgIpc) is 2.65. The third kappa shape index (κ3) is 2.78. The van der Waals surface area contributed by atoms with Gasteiger partial charge in [0.1, 0.15) is 5.60 Å². The molecule has 18 heavy (non-hydrogen) atoms. The van der Waals surface area contributed by atoms with E-state index in [1.165, 1.54) is 0 Å². The Labute approximate surface area is 109 Å². The van der Waals surface area contributed by atoms with Gasteiger partial charge in [0.25, 0.3) is 0 Å². The first-order valence-corrected chi connectivity index (χ1v) is 6.67. The molecule has 5 heteroatoms. The molecule has 0 aromatic rings. The molecular weight excluding hydrogens is 232 g/mol. The number of carbonyl (C=O) groups excluding carboxylic acids is 1. The van der Waals surface area contributed by atoms with E-state index in [-0.39, 0.29) is 12.1 Å². The zero-order valence-electron chi connectivity index (χ0n) is 11.7. The van der Waals surface area contributed by atoms with E-state index in [9.17, 15) is 4.79 Å². The van der Waals surface area contributed by atoms with Gasteiger partial charge in [0.15, 0.2) is 0 Å². The van der Waals surface area contributed by atoms with Gasteiger partial charge in [0.2, 0.25) is 0 Å². The molecular formula is C13H24N2O3. The maximum absolute atomic E-state index is 12.2. The van der Waals surface area contributed by atoms with E-state index in [4.69, 9.17) is 9.47 Å². The van der Waals surface area contributed by atoms with E-state index in [0.29, 0.717) is 18.5 Å². The van der Waals surface area contributed by atoms with Crippen LogP contribution in [-0.4, -0.2) is 55.5 Å². The Balaban J connectivity index is 2.06. The van der Waals surface area contributed by atoms with Crippen molar-refractivity contribution in [2.45, 2.75) is 44.9 Å². The van der Waals surface area contributed by atoms with Gasteiger partial charge >= 0.3 is 6.09 Å². The topological polar surface area (TPSA) is 50.8 Å². The highest BCUT2D eigenvalue weighted by Gasteiger charge is 2.45. The summed E-state index contributed by atoms with van der Waals surface area (Å²) in [5.41, 5.74) is -0.435. The van der Waals surface area contributed by atoms with E-state index < -0.39 is 5.60 Å². The van der Waals surface area contributed by atoms with Gasteiger partial charge in [-0.05, 0) is 34.2 Å². The summed E-state index contributed by atoms with van der Waals surface area (Å²) in [6.07, 6.45) is 0.708. The van der Waals surface area contributed by atoms with Crippen molar-refractivity contribution in [2.75, 3.05) is 26.8 Å². The summed E-state index contributed by atoms with van der Waals surface area (Å²) >= 11 is 0. The molecule has 5 nitrogen and oxygen atoms in total. The predicted molar refractivity (Wildman–Crippen MR) is 68.5 cm³/mol. The van der Waals surface area contributed by atoms with E-state index in [2.05, 4.69) is 5.32 Å². The van der Waals surface area contributed by atoms with Gasteiger partial charge < -0.3 is 19.7 Å². The molecule has 2 heterocycles. The lowest BCUT2D eigenvalue weighted by atomic mass is 9.93. The zero-order valence-corrected chi connectivity index (χ0v) is 11.7. The number of likely N-dealkylation sites (tertiary alicyclic amines) is 1. The number of nitrogens with one attached hydrogen (secondary N) is 1. The third-order valence-corrected chi connectivity index (χ3v) is 3.67. The Bertz CT molecular complexity index is 314. The largest absolute Gasteiger partial charge is 0.444 e. The predicted octanol–water partition coefficient (Wildman–Crippen LogP) is 1.23. The number of rotatable bonds is 1. The summed E-state index contributed by atoms with van der Waals surface area (Å²) in [6, 6.07) is 0.564. The van der Waals surface area contributed by atoms with Crippen molar-refractivity contribution in [3.8, 4) is 0 Å². The van der Waals surface area contributed by atoms with E-state index in [1.54, 1.807) is 0 Å². The van der Waals surface area contributed by atoms with Crippen molar-refractivity contribution in [3.63, 3.8) is 0 Å². The summed E-state index contributed by atoms with van der Waals surface area (Å²) in [7, 11) is 1.94. The Hall–Kier alpha value is -0.810. The van der Waals surface area contributed by atoms with Crippen molar-refractivity contribution in [1.82, 2.24) is 10.2 Å². The van der Waals surface area contributed by atoms with E-state index in [1.807, 2.05) is 32.7 Å². The molecule has 3 unspecified atom stereocenters. The summed E-state index contributed by atoms with van der Waals surface area (Å²) < 4.78 is 11.0. The molecule has 0 radical (unpaired) electrons. The van der Waals surface area contributed by atoms with Gasteiger partial charge in [-0.15, -0.1) is 0 Å². The lowest BCUT2D eigenvalue weighted by Gasteiger charge is -2.33. The van der Waals surface area contributed by atoms with Crippen molar-refractivity contribution >= 4 is 6.09 Å². The molecule has 0 bridgehead atoms. The fraction of sp³-hybridized carbons (Fsp3) is 0.923. The lowest BCUT2D eigenvalue weighted by molar-refractivity contribution is -0.00488. The number of carbonyl (C=O) groups is 1. The minimum Gasteiger partial charge on any atom is -0.444 e. The second kappa shape index (κ2) is 5.05. The van der Waals surface area contributed by atoms with Crippen LogP contribution in [0.2, 0.25) is 0 Å². The molecule has 1 N–H and O–H groups in total. The van der Waals surface area contributed by atoms with Crippen LogP contribution in [0.5, 0.6) is 0 Å². The van der Waals surface area contributed by atoms with Crippen molar-refractivity contribution in [1.29, 1.82) is 0 Å². The molecule has 2 fully saturated rings. The van der Waals surface area contributed by atoms with Gasteiger partial charge in [-0.2, -0.15) is 0 Å². The number of likely N-dealkylation sites (N-methyl/N-ethyl adjacent to an activating group) is 1. The van der Waals surface area contributed by atoms with Gasteiger partial charge in [-0.1, -0.05) is 0 Å². The zero-order chi connectivity index (χ0) is 13.3. The van der Waals surface area contributed by atoms with Crippen molar-refractivity contribution in [3.05, 3.63) is 0 Å².